The van der Waals surface area contributed by atoms with Crippen LogP contribution in [0.5, 0.6) is 0 Å². The van der Waals surface area contributed by atoms with Crippen molar-refractivity contribution in [2.75, 3.05) is 24.5 Å². The van der Waals surface area contributed by atoms with E-state index in [9.17, 15) is 4.79 Å². The molecule has 27 heavy (non-hydrogen) atoms. The molecule has 2 aromatic heterocycles. The van der Waals surface area contributed by atoms with E-state index in [0.717, 1.165) is 31.9 Å². The van der Waals surface area contributed by atoms with E-state index in [0.29, 0.717) is 23.3 Å². The van der Waals surface area contributed by atoms with Gasteiger partial charge in [0.2, 0.25) is 0 Å². The van der Waals surface area contributed by atoms with Crippen molar-refractivity contribution in [2.24, 2.45) is 10.7 Å². The second-order valence-corrected chi connectivity index (χ2v) is 6.62. The molecule has 1 atom stereocenters. The molecule has 0 spiro atoms. The molecular formula is C18H23ClN6O2. The number of carbonyl (C=O) groups is 1. The predicted octanol–water partition coefficient (Wildman–Crippen LogP) is 1.76. The molecular weight excluding hydrogens is 368 g/mol. The molecule has 1 amide bonds. The minimum absolute atomic E-state index is 0.136. The highest BCUT2D eigenvalue weighted by molar-refractivity contribution is 6.32. The van der Waals surface area contributed by atoms with Gasteiger partial charge < -0.3 is 25.7 Å². The first-order valence-electron chi connectivity index (χ1n) is 8.85. The Hall–Kier alpha value is -2.74. The molecule has 3 heterocycles. The smallest absolute Gasteiger partial charge is 0.284 e. The Kier molecular flexibility index (Phi) is 6.18. The first-order chi connectivity index (χ1) is 13.1. The molecule has 0 bridgehead atoms. The third-order valence-electron chi connectivity index (χ3n) is 4.21. The van der Waals surface area contributed by atoms with Gasteiger partial charge in [0.15, 0.2) is 11.7 Å². The minimum atomic E-state index is -0.588. The molecule has 1 aliphatic rings. The SMILES string of the molecule is CCNC(=NCc1ccc(C(N)=O)o1)NC1CCN(c2ncccc2Cl)C1. The second-order valence-electron chi connectivity index (χ2n) is 6.21. The molecule has 0 aromatic carbocycles. The molecule has 8 nitrogen and oxygen atoms in total. The van der Waals surface area contributed by atoms with Crippen LogP contribution in [0.2, 0.25) is 5.02 Å². The van der Waals surface area contributed by atoms with E-state index in [-0.39, 0.29) is 11.8 Å². The lowest BCUT2D eigenvalue weighted by atomic mass is 10.3. The number of amides is 1. The summed E-state index contributed by atoms with van der Waals surface area (Å²) in [6.45, 7) is 4.70. The van der Waals surface area contributed by atoms with Crippen LogP contribution in [-0.4, -0.2) is 42.5 Å². The fourth-order valence-electron chi connectivity index (χ4n) is 2.95. The summed E-state index contributed by atoms with van der Waals surface area (Å²) < 4.78 is 5.36. The van der Waals surface area contributed by atoms with Crippen LogP contribution in [0.1, 0.15) is 29.7 Å². The molecule has 1 aliphatic heterocycles. The predicted molar refractivity (Wildman–Crippen MR) is 105 cm³/mol. The standard InChI is InChI=1S/C18H23ClN6O2/c1-2-21-18(23-10-13-5-6-15(27-13)16(20)26)24-12-7-9-25(11-12)17-14(19)4-3-8-22-17/h3-6,8,12H,2,7,9-11H2,1H3,(H2,20,26)(H2,21,23,24). The van der Waals surface area contributed by atoms with Crippen molar-refractivity contribution in [1.29, 1.82) is 0 Å². The largest absolute Gasteiger partial charge is 0.454 e. The van der Waals surface area contributed by atoms with Crippen LogP contribution in [0.3, 0.4) is 0 Å². The number of carbonyl (C=O) groups excluding carboxylic acids is 1. The summed E-state index contributed by atoms with van der Waals surface area (Å²) in [5.74, 6) is 1.62. The Bertz CT molecular complexity index is 822. The van der Waals surface area contributed by atoms with Gasteiger partial charge in [0.05, 0.1) is 5.02 Å². The zero-order valence-corrected chi connectivity index (χ0v) is 15.9. The van der Waals surface area contributed by atoms with Gasteiger partial charge in [-0.2, -0.15) is 0 Å². The van der Waals surface area contributed by atoms with E-state index in [1.165, 1.54) is 0 Å². The Labute approximate surface area is 162 Å². The number of nitrogens with two attached hydrogens (primary N) is 1. The number of furan rings is 1. The summed E-state index contributed by atoms with van der Waals surface area (Å²) >= 11 is 6.25. The highest BCUT2D eigenvalue weighted by Crippen LogP contribution is 2.25. The van der Waals surface area contributed by atoms with Gasteiger partial charge in [0, 0.05) is 31.9 Å². The van der Waals surface area contributed by atoms with Gasteiger partial charge in [-0.25, -0.2) is 9.98 Å². The number of anilines is 1. The average molecular weight is 391 g/mol. The van der Waals surface area contributed by atoms with E-state index < -0.39 is 5.91 Å². The van der Waals surface area contributed by atoms with Gasteiger partial charge in [-0.05, 0) is 37.6 Å². The fourth-order valence-corrected chi connectivity index (χ4v) is 3.19. The number of hydrogen-bond acceptors (Lipinski definition) is 5. The van der Waals surface area contributed by atoms with Crippen molar-refractivity contribution in [3.63, 3.8) is 0 Å². The van der Waals surface area contributed by atoms with Gasteiger partial charge in [-0.15, -0.1) is 0 Å². The minimum Gasteiger partial charge on any atom is -0.454 e. The molecule has 0 aliphatic carbocycles. The lowest BCUT2D eigenvalue weighted by Crippen LogP contribution is -2.44. The maximum Gasteiger partial charge on any atom is 0.284 e. The summed E-state index contributed by atoms with van der Waals surface area (Å²) in [5, 5.41) is 7.30. The second kappa shape index (κ2) is 8.77. The molecule has 1 saturated heterocycles. The number of hydrogen-bond donors (Lipinski definition) is 3. The van der Waals surface area contributed by atoms with Gasteiger partial charge in [0.25, 0.3) is 5.91 Å². The molecule has 0 radical (unpaired) electrons. The van der Waals surface area contributed by atoms with E-state index in [4.69, 9.17) is 21.8 Å². The topological polar surface area (TPSA) is 109 Å². The maximum atomic E-state index is 11.1. The fraction of sp³-hybridized carbons (Fsp3) is 0.389. The van der Waals surface area contributed by atoms with Crippen molar-refractivity contribution >= 4 is 29.3 Å². The van der Waals surface area contributed by atoms with Gasteiger partial charge in [-0.3, -0.25) is 4.79 Å². The Morgan fingerprint density at radius 3 is 3.04 bits per heavy atom. The number of nitrogens with zero attached hydrogens (tertiary/aromatic N) is 3. The number of halogens is 1. The molecule has 0 saturated carbocycles. The van der Waals surface area contributed by atoms with Crippen molar-refractivity contribution in [3.8, 4) is 0 Å². The summed E-state index contributed by atoms with van der Waals surface area (Å²) in [6.07, 6.45) is 2.70. The van der Waals surface area contributed by atoms with Crippen molar-refractivity contribution < 1.29 is 9.21 Å². The van der Waals surface area contributed by atoms with Crippen LogP contribution in [0.25, 0.3) is 0 Å². The zero-order chi connectivity index (χ0) is 19.2. The number of guanidine groups is 1. The van der Waals surface area contributed by atoms with E-state index in [2.05, 4.69) is 25.5 Å². The monoisotopic (exact) mass is 390 g/mol. The number of rotatable bonds is 6. The Morgan fingerprint density at radius 2 is 2.33 bits per heavy atom. The Morgan fingerprint density at radius 1 is 1.48 bits per heavy atom. The highest BCUT2D eigenvalue weighted by atomic mass is 35.5. The highest BCUT2D eigenvalue weighted by Gasteiger charge is 2.25. The summed E-state index contributed by atoms with van der Waals surface area (Å²) in [6, 6.07) is 7.15. The van der Waals surface area contributed by atoms with E-state index in [1.54, 1.807) is 18.3 Å². The molecule has 9 heteroatoms. The molecule has 1 fully saturated rings. The molecule has 144 valence electrons. The quantitative estimate of drug-likeness (QED) is 0.512. The van der Waals surface area contributed by atoms with E-state index in [1.807, 2.05) is 19.1 Å². The van der Waals surface area contributed by atoms with E-state index >= 15 is 0 Å². The number of nitrogens with one attached hydrogen (secondary N) is 2. The third-order valence-corrected chi connectivity index (χ3v) is 4.50. The number of aliphatic imine (C=N–C) groups is 1. The molecule has 1 unspecified atom stereocenters. The van der Waals surface area contributed by atoms with Crippen LogP contribution in [0.15, 0.2) is 39.9 Å². The molecule has 2 aromatic rings. The van der Waals surface area contributed by atoms with Crippen molar-refractivity contribution in [3.05, 3.63) is 47.0 Å². The lowest BCUT2D eigenvalue weighted by molar-refractivity contribution is 0.0972. The van der Waals surface area contributed by atoms with Crippen LogP contribution < -0.4 is 21.3 Å². The van der Waals surface area contributed by atoms with Gasteiger partial charge in [-0.1, -0.05) is 11.6 Å². The van der Waals surface area contributed by atoms with Crippen LogP contribution in [-0.2, 0) is 6.54 Å². The average Bonchev–Trinajstić information content (AvgIpc) is 3.30. The number of pyridine rings is 1. The third kappa shape index (κ3) is 4.91. The molecule has 4 N–H and O–H groups in total. The maximum absolute atomic E-state index is 11.1. The number of primary amides is 1. The number of aromatic nitrogens is 1. The summed E-state index contributed by atoms with van der Waals surface area (Å²) in [7, 11) is 0. The first-order valence-corrected chi connectivity index (χ1v) is 9.23. The van der Waals surface area contributed by atoms with Gasteiger partial charge in [0.1, 0.15) is 18.1 Å². The summed E-state index contributed by atoms with van der Waals surface area (Å²) in [5.41, 5.74) is 5.20. The lowest BCUT2D eigenvalue weighted by Gasteiger charge is -2.20. The Balaban J connectivity index is 1.60. The zero-order valence-electron chi connectivity index (χ0n) is 15.1. The van der Waals surface area contributed by atoms with Crippen LogP contribution >= 0.6 is 11.6 Å². The van der Waals surface area contributed by atoms with Crippen molar-refractivity contribution in [2.45, 2.75) is 25.9 Å². The molecule has 3 rings (SSSR count). The summed E-state index contributed by atoms with van der Waals surface area (Å²) in [4.78, 5) is 22.2. The normalized spacial score (nSPS) is 17.2. The van der Waals surface area contributed by atoms with Crippen molar-refractivity contribution in [1.82, 2.24) is 15.6 Å². The van der Waals surface area contributed by atoms with Crippen LogP contribution in [0.4, 0.5) is 5.82 Å². The first kappa shape index (κ1) is 19.0. The van der Waals surface area contributed by atoms with Gasteiger partial charge >= 0.3 is 0 Å². The van der Waals surface area contributed by atoms with Crippen LogP contribution in [0, 0.1) is 0 Å².